The lowest BCUT2D eigenvalue weighted by atomic mass is 9.86. The van der Waals surface area contributed by atoms with Gasteiger partial charge >= 0.3 is 0 Å². The number of hydrogen-bond acceptors (Lipinski definition) is 5. The molecule has 2 fully saturated rings. The summed E-state index contributed by atoms with van der Waals surface area (Å²) in [7, 11) is 1.67. The second-order valence-electron chi connectivity index (χ2n) is 6.64. The molecule has 2 heterocycles. The lowest BCUT2D eigenvalue weighted by Crippen LogP contribution is -2.58. The number of para-hydroxylation sites is 2. The van der Waals surface area contributed by atoms with E-state index in [9.17, 15) is 4.79 Å². The monoisotopic (exact) mass is 334 g/mol. The lowest BCUT2D eigenvalue weighted by molar-refractivity contribution is -0.169. The van der Waals surface area contributed by atoms with E-state index in [0.717, 1.165) is 37.6 Å². The second kappa shape index (κ2) is 7.40. The maximum Gasteiger partial charge on any atom is 0.233 e. The van der Waals surface area contributed by atoms with E-state index in [2.05, 4.69) is 11.0 Å². The van der Waals surface area contributed by atoms with Gasteiger partial charge in [0.25, 0.3) is 0 Å². The summed E-state index contributed by atoms with van der Waals surface area (Å²) in [4.78, 5) is 16.8. The van der Waals surface area contributed by atoms with Crippen LogP contribution in [0.1, 0.15) is 6.92 Å². The molecule has 0 radical (unpaired) electrons. The smallest absolute Gasteiger partial charge is 0.233 e. The predicted molar refractivity (Wildman–Crippen MR) is 91.5 cm³/mol. The summed E-state index contributed by atoms with van der Waals surface area (Å²) in [5.74, 6) is 1.09. The fraction of sp³-hybridized carbons (Fsp3) is 0.611. The maximum atomic E-state index is 12.6. The van der Waals surface area contributed by atoms with Crippen LogP contribution in [0.15, 0.2) is 24.3 Å². The third kappa shape index (κ3) is 3.49. The SMILES string of the molecule is COCCOc1ccccc1N1CCN(C(=O)C2(C)COC2)CC1. The molecule has 0 unspecified atom stereocenters. The number of carbonyl (C=O) groups is 1. The third-order valence-corrected chi connectivity index (χ3v) is 4.68. The van der Waals surface area contributed by atoms with Gasteiger partial charge in [0.2, 0.25) is 5.91 Å². The standard InChI is InChI=1S/C18H26N2O4/c1-18(13-23-14-18)17(21)20-9-7-19(8-10-20)15-5-3-4-6-16(15)24-12-11-22-2/h3-6H,7-14H2,1-2H3. The van der Waals surface area contributed by atoms with Gasteiger partial charge in [0.05, 0.1) is 30.9 Å². The van der Waals surface area contributed by atoms with Crippen LogP contribution in [0.5, 0.6) is 5.75 Å². The van der Waals surface area contributed by atoms with E-state index in [1.165, 1.54) is 0 Å². The average Bonchev–Trinajstić information content (AvgIpc) is 2.60. The maximum absolute atomic E-state index is 12.6. The molecule has 6 heteroatoms. The zero-order valence-electron chi connectivity index (χ0n) is 14.5. The van der Waals surface area contributed by atoms with Crippen molar-refractivity contribution >= 4 is 11.6 Å². The molecule has 6 nitrogen and oxygen atoms in total. The van der Waals surface area contributed by atoms with Crippen molar-refractivity contribution < 1.29 is 19.0 Å². The highest BCUT2D eigenvalue weighted by molar-refractivity contribution is 5.83. The number of ether oxygens (including phenoxy) is 3. The summed E-state index contributed by atoms with van der Waals surface area (Å²) in [6.45, 7) is 7.28. The summed E-state index contributed by atoms with van der Waals surface area (Å²) >= 11 is 0. The first-order chi connectivity index (χ1) is 11.6. The first kappa shape index (κ1) is 17.0. The topological polar surface area (TPSA) is 51.2 Å². The Hall–Kier alpha value is -1.79. The van der Waals surface area contributed by atoms with Crippen molar-refractivity contribution in [2.24, 2.45) is 5.41 Å². The molecule has 0 bridgehead atoms. The van der Waals surface area contributed by atoms with Gasteiger partial charge in [0.15, 0.2) is 0 Å². The van der Waals surface area contributed by atoms with E-state index >= 15 is 0 Å². The van der Waals surface area contributed by atoms with Crippen LogP contribution < -0.4 is 9.64 Å². The Kier molecular flexibility index (Phi) is 5.26. The predicted octanol–water partition coefficient (Wildman–Crippen LogP) is 1.40. The molecule has 0 aliphatic carbocycles. The minimum atomic E-state index is -0.316. The molecule has 0 aromatic heterocycles. The Morgan fingerprint density at radius 3 is 2.50 bits per heavy atom. The summed E-state index contributed by atoms with van der Waals surface area (Å²) < 4.78 is 16.1. The van der Waals surface area contributed by atoms with Gasteiger partial charge < -0.3 is 24.0 Å². The molecule has 2 saturated heterocycles. The molecule has 0 atom stereocenters. The minimum Gasteiger partial charge on any atom is -0.489 e. The molecule has 0 spiro atoms. The molecule has 1 aromatic carbocycles. The van der Waals surface area contributed by atoms with Gasteiger partial charge in [-0.05, 0) is 19.1 Å². The van der Waals surface area contributed by atoms with Gasteiger partial charge in [-0.25, -0.2) is 0 Å². The summed E-state index contributed by atoms with van der Waals surface area (Å²) in [6.07, 6.45) is 0. The third-order valence-electron chi connectivity index (χ3n) is 4.68. The Labute approximate surface area is 143 Å². The van der Waals surface area contributed by atoms with Crippen molar-refractivity contribution in [1.29, 1.82) is 0 Å². The number of benzene rings is 1. The van der Waals surface area contributed by atoms with Crippen LogP contribution in [-0.2, 0) is 14.3 Å². The van der Waals surface area contributed by atoms with Crippen molar-refractivity contribution in [3.63, 3.8) is 0 Å². The lowest BCUT2D eigenvalue weighted by Gasteiger charge is -2.43. The van der Waals surface area contributed by atoms with Crippen molar-refractivity contribution in [3.8, 4) is 5.75 Å². The summed E-state index contributed by atoms with van der Waals surface area (Å²) in [5.41, 5.74) is 0.766. The van der Waals surface area contributed by atoms with Crippen molar-refractivity contribution in [1.82, 2.24) is 4.90 Å². The molecule has 0 saturated carbocycles. The Morgan fingerprint density at radius 1 is 1.17 bits per heavy atom. The number of anilines is 1. The fourth-order valence-corrected chi connectivity index (χ4v) is 3.14. The van der Waals surface area contributed by atoms with Crippen LogP contribution in [0.2, 0.25) is 0 Å². The molecular weight excluding hydrogens is 308 g/mol. The minimum absolute atomic E-state index is 0.220. The number of methoxy groups -OCH3 is 1. The van der Waals surface area contributed by atoms with E-state index in [0.29, 0.717) is 26.4 Å². The Morgan fingerprint density at radius 2 is 1.88 bits per heavy atom. The van der Waals surface area contributed by atoms with Crippen LogP contribution >= 0.6 is 0 Å². The highest BCUT2D eigenvalue weighted by Gasteiger charge is 2.44. The molecule has 132 valence electrons. The highest BCUT2D eigenvalue weighted by Crippen LogP contribution is 2.32. The molecule has 1 aromatic rings. The largest absolute Gasteiger partial charge is 0.489 e. The Bertz CT molecular complexity index is 566. The van der Waals surface area contributed by atoms with Gasteiger partial charge in [-0.2, -0.15) is 0 Å². The van der Waals surface area contributed by atoms with Crippen LogP contribution in [-0.4, -0.2) is 70.5 Å². The van der Waals surface area contributed by atoms with Gasteiger partial charge in [-0.15, -0.1) is 0 Å². The van der Waals surface area contributed by atoms with E-state index in [4.69, 9.17) is 14.2 Å². The molecule has 24 heavy (non-hydrogen) atoms. The van der Waals surface area contributed by atoms with Crippen LogP contribution in [0.4, 0.5) is 5.69 Å². The summed E-state index contributed by atoms with van der Waals surface area (Å²) in [5, 5.41) is 0. The zero-order chi connectivity index (χ0) is 17.0. The van der Waals surface area contributed by atoms with E-state index in [-0.39, 0.29) is 11.3 Å². The van der Waals surface area contributed by atoms with Crippen LogP contribution in [0.25, 0.3) is 0 Å². The second-order valence-corrected chi connectivity index (χ2v) is 6.64. The number of piperazine rings is 1. The van der Waals surface area contributed by atoms with E-state index in [1.807, 2.05) is 30.0 Å². The molecular formula is C18H26N2O4. The molecule has 2 aliphatic rings. The van der Waals surface area contributed by atoms with Gasteiger partial charge in [0, 0.05) is 33.3 Å². The quantitative estimate of drug-likeness (QED) is 0.736. The fourth-order valence-electron chi connectivity index (χ4n) is 3.14. The molecule has 2 aliphatic heterocycles. The number of carbonyl (C=O) groups excluding carboxylic acids is 1. The van der Waals surface area contributed by atoms with Crippen molar-refractivity contribution in [3.05, 3.63) is 24.3 Å². The number of hydrogen-bond donors (Lipinski definition) is 0. The molecule has 1 amide bonds. The average molecular weight is 334 g/mol. The number of rotatable bonds is 6. The Balaban J connectivity index is 1.59. The number of amides is 1. The normalized spacial score (nSPS) is 19.8. The first-order valence-corrected chi connectivity index (χ1v) is 8.47. The number of nitrogens with zero attached hydrogens (tertiary/aromatic N) is 2. The van der Waals surface area contributed by atoms with E-state index in [1.54, 1.807) is 7.11 Å². The van der Waals surface area contributed by atoms with Gasteiger partial charge in [-0.1, -0.05) is 12.1 Å². The van der Waals surface area contributed by atoms with Crippen LogP contribution in [0, 0.1) is 5.41 Å². The van der Waals surface area contributed by atoms with Crippen molar-refractivity contribution in [2.75, 3.05) is 64.6 Å². The summed E-state index contributed by atoms with van der Waals surface area (Å²) in [6, 6.07) is 8.04. The van der Waals surface area contributed by atoms with Crippen LogP contribution in [0.3, 0.4) is 0 Å². The molecule has 3 rings (SSSR count). The van der Waals surface area contributed by atoms with Crippen molar-refractivity contribution in [2.45, 2.75) is 6.92 Å². The van der Waals surface area contributed by atoms with E-state index < -0.39 is 0 Å². The first-order valence-electron chi connectivity index (χ1n) is 8.47. The zero-order valence-corrected chi connectivity index (χ0v) is 14.5. The highest BCUT2D eigenvalue weighted by atomic mass is 16.5. The molecule has 0 N–H and O–H groups in total. The van der Waals surface area contributed by atoms with Gasteiger partial charge in [-0.3, -0.25) is 4.79 Å². The van der Waals surface area contributed by atoms with Gasteiger partial charge in [0.1, 0.15) is 12.4 Å².